The van der Waals surface area contributed by atoms with Gasteiger partial charge in [-0.15, -0.1) is 0 Å². The first-order chi connectivity index (χ1) is 19.4. The molecular weight excluding hydrogens is 514 g/mol. The Morgan fingerprint density at radius 2 is 1.76 bits per heavy atom. The zero-order valence-corrected chi connectivity index (χ0v) is 25.1. The molecule has 1 N–H and O–H groups in total. The maximum atomic E-state index is 13.8. The van der Waals surface area contributed by atoms with E-state index in [1.165, 1.54) is 0 Å². The molecule has 0 spiro atoms. The second kappa shape index (κ2) is 12.4. The molecule has 2 amide bonds. The van der Waals surface area contributed by atoms with E-state index >= 15 is 0 Å². The number of carboxylic acid groups (broad SMARTS) is 1. The van der Waals surface area contributed by atoms with Crippen LogP contribution in [0.25, 0.3) is 0 Å². The van der Waals surface area contributed by atoms with Crippen LogP contribution in [0, 0.1) is 18.3 Å². The van der Waals surface area contributed by atoms with Crippen LogP contribution in [0.1, 0.15) is 57.6 Å². The van der Waals surface area contributed by atoms with Gasteiger partial charge in [0.25, 0.3) is 5.91 Å². The third kappa shape index (κ3) is 6.46. The Hall–Kier alpha value is -3.71. The van der Waals surface area contributed by atoms with Gasteiger partial charge in [-0.05, 0) is 83.8 Å². The molecule has 1 heterocycles. The number of likely N-dealkylation sites (N-methyl/N-ethyl adjacent to an activating group) is 2. The molecule has 1 aliphatic carbocycles. The Bertz CT molecular complexity index is 1340. The molecule has 7 nitrogen and oxygen atoms in total. The van der Waals surface area contributed by atoms with Crippen LogP contribution in [0.15, 0.2) is 72.3 Å². The minimum absolute atomic E-state index is 0.0539. The van der Waals surface area contributed by atoms with Gasteiger partial charge in [0.2, 0.25) is 5.91 Å². The fourth-order valence-electron chi connectivity index (χ4n) is 5.78. The van der Waals surface area contributed by atoms with Gasteiger partial charge in [-0.25, -0.2) is 0 Å². The lowest BCUT2D eigenvalue weighted by atomic mass is 9.86. The number of nitrogens with zero attached hydrogens (tertiary/aromatic N) is 3. The number of benzene rings is 2. The van der Waals surface area contributed by atoms with Gasteiger partial charge in [-0.3, -0.25) is 19.3 Å². The van der Waals surface area contributed by atoms with E-state index in [1.807, 2.05) is 91.4 Å². The average Bonchev–Trinajstić information content (AvgIpc) is 2.96. The van der Waals surface area contributed by atoms with E-state index in [0.717, 1.165) is 22.5 Å². The Morgan fingerprint density at radius 3 is 2.39 bits per heavy atom. The molecule has 2 unspecified atom stereocenters. The van der Waals surface area contributed by atoms with Crippen LogP contribution in [0.3, 0.4) is 0 Å². The molecular formula is C34H43N3O4. The van der Waals surface area contributed by atoms with Crippen molar-refractivity contribution in [2.75, 3.05) is 36.5 Å². The number of amides is 2. The number of para-hydroxylation sites is 1. The summed E-state index contributed by atoms with van der Waals surface area (Å²) in [6.07, 6.45) is 7.05. The van der Waals surface area contributed by atoms with Crippen molar-refractivity contribution in [3.63, 3.8) is 0 Å². The van der Waals surface area contributed by atoms with Gasteiger partial charge in [-0.2, -0.15) is 0 Å². The number of fused-ring (bicyclic) bond motifs is 1. The summed E-state index contributed by atoms with van der Waals surface area (Å²) >= 11 is 0. The first-order valence-electron chi connectivity index (χ1n) is 14.6. The summed E-state index contributed by atoms with van der Waals surface area (Å²) in [7, 11) is 2.00. The first kappa shape index (κ1) is 30.3. The molecule has 0 radical (unpaired) electrons. The van der Waals surface area contributed by atoms with Gasteiger partial charge in [0, 0.05) is 36.1 Å². The fourth-order valence-corrected chi connectivity index (χ4v) is 5.78. The quantitative estimate of drug-likeness (QED) is 0.421. The van der Waals surface area contributed by atoms with Crippen molar-refractivity contribution in [2.24, 2.45) is 11.3 Å². The Kier molecular flexibility index (Phi) is 9.17. The SMILES string of the molecule is CCN(C(=O)[C@H]1CCN(C(=O)C2=CC(C)C(N(C)CCC(C)(C)C(=O)O)C=C2)c2ccccc21)c1ccc(C)cc1. The van der Waals surface area contributed by atoms with Gasteiger partial charge in [0.15, 0.2) is 0 Å². The molecule has 0 saturated carbocycles. The Balaban J connectivity index is 1.50. The minimum atomic E-state index is -0.797. The number of carbonyl (C=O) groups excluding carboxylic acids is 2. The highest BCUT2D eigenvalue weighted by molar-refractivity contribution is 6.09. The van der Waals surface area contributed by atoms with Crippen molar-refractivity contribution in [1.29, 1.82) is 0 Å². The topological polar surface area (TPSA) is 81.2 Å². The summed E-state index contributed by atoms with van der Waals surface area (Å²) in [6, 6.07) is 15.9. The average molecular weight is 558 g/mol. The standard InChI is InChI=1S/C34H43N3O4/c1-7-36(26-15-12-23(2)13-16-26)32(39)28-18-20-37(30-11-9-8-10-27(28)30)31(38)25-14-17-29(24(3)22-25)35(6)21-19-34(4,5)33(40)41/h8-17,22,24,28-29H,7,18-21H2,1-6H3,(H,40,41)/t24?,28-,29?/m0/s1. The molecule has 4 rings (SSSR count). The second-order valence-electron chi connectivity index (χ2n) is 12.0. The van der Waals surface area contributed by atoms with Gasteiger partial charge in [0.05, 0.1) is 11.3 Å². The lowest BCUT2D eigenvalue weighted by Gasteiger charge is -2.37. The van der Waals surface area contributed by atoms with Gasteiger partial charge < -0.3 is 14.9 Å². The van der Waals surface area contributed by atoms with Crippen molar-refractivity contribution in [1.82, 2.24) is 4.90 Å². The molecule has 218 valence electrons. The summed E-state index contributed by atoms with van der Waals surface area (Å²) < 4.78 is 0. The second-order valence-corrected chi connectivity index (χ2v) is 12.0. The Morgan fingerprint density at radius 1 is 1.07 bits per heavy atom. The summed E-state index contributed by atoms with van der Waals surface area (Å²) in [4.78, 5) is 44.9. The van der Waals surface area contributed by atoms with E-state index in [1.54, 1.807) is 13.8 Å². The summed E-state index contributed by atoms with van der Waals surface area (Å²) in [5.74, 6) is -1.05. The van der Waals surface area contributed by atoms with Crippen LogP contribution in [-0.4, -0.2) is 60.5 Å². The van der Waals surface area contributed by atoms with Gasteiger partial charge in [0.1, 0.15) is 0 Å². The fraction of sp³-hybridized carbons (Fsp3) is 0.441. The number of aryl methyl sites for hydroxylation is 1. The van der Waals surface area contributed by atoms with Crippen molar-refractivity contribution in [3.05, 3.63) is 83.5 Å². The van der Waals surface area contributed by atoms with Gasteiger partial charge in [-0.1, -0.05) is 61.0 Å². The summed E-state index contributed by atoms with van der Waals surface area (Å²) in [5.41, 5.74) is 3.56. The van der Waals surface area contributed by atoms with Crippen molar-refractivity contribution in [2.45, 2.75) is 59.4 Å². The number of carbonyl (C=O) groups is 3. The molecule has 2 aromatic rings. The first-order valence-corrected chi connectivity index (χ1v) is 14.6. The number of carboxylic acids is 1. The van der Waals surface area contributed by atoms with E-state index < -0.39 is 11.4 Å². The molecule has 0 aromatic heterocycles. The molecule has 0 bridgehead atoms. The van der Waals surface area contributed by atoms with Crippen LogP contribution < -0.4 is 9.80 Å². The van der Waals surface area contributed by atoms with Crippen LogP contribution in [0.5, 0.6) is 0 Å². The van der Waals surface area contributed by atoms with Crippen molar-refractivity contribution < 1.29 is 19.5 Å². The van der Waals surface area contributed by atoms with E-state index in [4.69, 9.17) is 0 Å². The molecule has 7 heteroatoms. The highest BCUT2D eigenvalue weighted by Gasteiger charge is 2.36. The molecule has 41 heavy (non-hydrogen) atoms. The number of hydrogen-bond donors (Lipinski definition) is 1. The summed E-state index contributed by atoms with van der Waals surface area (Å²) in [5, 5.41) is 9.45. The van der Waals surface area contributed by atoms with Crippen LogP contribution in [-0.2, 0) is 14.4 Å². The smallest absolute Gasteiger partial charge is 0.309 e. The minimum Gasteiger partial charge on any atom is -0.481 e. The normalized spacial score (nSPS) is 20.4. The lowest BCUT2D eigenvalue weighted by molar-refractivity contribution is -0.147. The number of anilines is 2. The molecule has 0 saturated heterocycles. The maximum Gasteiger partial charge on any atom is 0.309 e. The third-order valence-corrected chi connectivity index (χ3v) is 8.59. The van der Waals surface area contributed by atoms with Crippen LogP contribution >= 0.6 is 0 Å². The van der Waals surface area contributed by atoms with E-state index in [0.29, 0.717) is 38.0 Å². The molecule has 2 aromatic carbocycles. The monoisotopic (exact) mass is 557 g/mol. The van der Waals surface area contributed by atoms with Gasteiger partial charge >= 0.3 is 5.97 Å². The van der Waals surface area contributed by atoms with Crippen molar-refractivity contribution in [3.8, 4) is 0 Å². The molecule has 1 aliphatic heterocycles. The maximum absolute atomic E-state index is 13.8. The van der Waals surface area contributed by atoms with Crippen molar-refractivity contribution >= 4 is 29.2 Å². The van der Waals surface area contributed by atoms with Crippen LogP contribution in [0.2, 0.25) is 0 Å². The predicted molar refractivity (Wildman–Crippen MR) is 164 cm³/mol. The number of aliphatic carboxylic acids is 1. The third-order valence-electron chi connectivity index (χ3n) is 8.59. The largest absolute Gasteiger partial charge is 0.481 e. The zero-order valence-electron chi connectivity index (χ0n) is 25.1. The highest BCUT2D eigenvalue weighted by Crippen LogP contribution is 2.38. The Labute approximate surface area is 244 Å². The van der Waals surface area contributed by atoms with Crippen LogP contribution in [0.4, 0.5) is 11.4 Å². The lowest BCUT2D eigenvalue weighted by Crippen LogP contribution is -2.43. The van der Waals surface area contributed by atoms with E-state index in [2.05, 4.69) is 17.9 Å². The highest BCUT2D eigenvalue weighted by atomic mass is 16.4. The number of rotatable bonds is 9. The molecule has 0 fully saturated rings. The number of hydrogen-bond acceptors (Lipinski definition) is 4. The predicted octanol–water partition coefficient (Wildman–Crippen LogP) is 5.80. The summed E-state index contributed by atoms with van der Waals surface area (Å²) in [6.45, 7) is 11.3. The van der Waals surface area contributed by atoms with E-state index in [9.17, 15) is 19.5 Å². The molecule has 3 atom stereocenters. The molecule has 2 aliphatic rings. The zero-order chi connectivity index (χ0) is 29.9. The van der Waals surface area contributed by atoms with E-state index in [-0.39, 0.29) is 29.7 Å².